The molecule has 0 bridgehead atoms. The summed E-state index contributed by atoms with van der Waals surface area (Å²) in [4.78, 5) is 7.78. The first-order valence-electron chi connectivity index (χ1n) is 5.20. The molecule has 5 nitrogen and oxygen atoms in total. The molecule has 0 fully saturated rings. The van der Waals surface area contributed by atoms with Crippen molar-refractivity contribution in [3.05, 3.63) is 42.5 Å². The van der Waals surface area contributed by atoms with Crippen LogP contribution in [0.2, 0.25) is 0 Å². The van der Waals surface area contributed by atoms with Crippen molar-refractivity contribution in [2.24, 2.45) is 0 Å². The van der Waals surface area contributed by atoms with Gasteiger partial charge in [0.15, 0.2) is 0 Å². The van der Waals surface area contributed by atoms with Crippen LogP contribution >= 0.6 is 0 Å². The zero-order valence-electron chi connectivity index (χ0n) is 9.33. The van der Waals surface area contributed by atoms with Crippen LogP contribution in [0.1, 0.15) is 18.5 Å². The predicted molar refractivity (Wildman–Crippen MR) is 63.8 cm³/mol. The number of anilines is 1. The Hall–Kier alpha value is -2.30. The topological polar surface area (TPSA) is 78.3 Å². The van der Waals surface area contributed by atoms with Crippen molar-refractivity contribution < 1.29 is 10.2 Å². The van der Waals surface area contributed by atoms with Crippen molar-refractivity contribution in [2.75, 3.05) is 5.32 Å². The van der Waals surface area contributed by atoms with Gasteiger partial charge in [-0.2, -0.15) is 0 Å². The minimum Gasteiger partial charge on any atom is -0.508 e. The first-order chi connectivity index (χ1) is 8.16. The van der Waals surface area contributed by atoms with E-state index in [4.69, 9.17) is 0 Å². The SMILES string of the molecule is CC(Nc1cncnc1)c1ccc(O)cc1O. The molecule has 88 valence electrons. The van der Waals surface area contributed by atoms with Crippen molar-refractivity contribution in [2.45, 2.75) is 13.0 Å². The van der Waals surface area contributed by atoms with E-state index in [-0.39, 0.29) is 17.5 Å². The summed E-state index contributed by atoms with van der Waals surface area (Å²) in [5, 5.41) is 22.1. The number of nitrogens with zero attached hydrogens (tertiary/aromatic N) is 2. The van der Waals surface area contributed by atoms with E-state index >= 15 is 0 Å². The highest BCUT2D eigenvalue weighted by Gasteiger charge is 2.10. The Bertz CT molecular complexity index is 502. The summed E-state index contributed by atoms with van der Waals surface area (Å²) in [6, 6.07) is 4.41. The van der Waals surface area contributed by atoms with Crippen molar-refractivity contribution >= 4 is 5.69 Å². The smallest absolute Gasteiger partial charge is 0.124 e. The Balaban J connectivity index is 2.17. The van der Waals surface area contributed by atoms with E-state index in [0.717, 1.165) is 5.69 Å². The van der Waals surface area contributed by atoms with Crippen LogP contribution in [-0.2, 0) is 0 Å². The summed E-state index contributed by atoms with van der Waals surface area (Å²) < 4.78 is 0. The van der Waals surface area contributed by atoms with Gasteiger partial charge in [-0.1, -0.05) is 0 Å². The summed E-state index contributed by atoms with van der Waals surface area (Å²) in [7, 11) is 0. The lowest BCUT2D eigenvalue weighted by atomic mass is 10.1. The number of rotatable bonds is 3. The Labute approximate surface area is 98.8 Å². The molecule has 5 heteroatoms. The van der Waals surface area contributed by atoms with Crippen LogP contribution in [0, 0.1) is 0 Å². The molecule has 1 atom stereocenters. The van der Waals surface area contributed by atoms with Crippen LogP contribution in [0.5, 0.6) is 11.5 Å². The minimum absolute atomic E-state index is 0.0431. The average Bonchev–Trinajstić information content (AvgIpc) is 2.30. The molecule has 2 rings (SSSR count). The fourth-order valence-electron chi connectivity index (χ4n) is 1.60. The summed E-state index contributed by atoms with van der Waals surface area (Å²) in [5.41, 5.74) is 1.47. The van der Waals surface area contributed by atoms with E-state index in [1.807, 2.05) is 6.92 Å². The molecule has 3 N–H and O–H groups in total. The third-order valence-corrected chi connectivity index (χ3v) is 2.42. The Morgan fingerprint density at radius 3 is 2.53 bits per heavy atom. The lowest BCUT2D eigenvalue weighted by Gasteiger charge is -2.16. The molecule has 0 aliphatic rings. The highest BCUT2D eigenvalue weighted by molar-refractivity contribution is 5.46. The number of phenolic OH excluding ortho intramolecular Hbond substituents is 2. The molecule has 1 unspecified atom stereocenters. The first kappa shape index (κ1) is 11.2. The number of phenols is 2. The molecule has 0 aliphatic heterocycles. The third-order valence-electron chi connectivity index (χ3n) is 2.42. The Morgan fingerprint density at radius 1 is 1.18 bits per heavy atom. The van der Waals surface area contributed by atoms with Crippen LogP contribution in [0.3, 0.4) is 0 Å². The third kappa shape index (κ3) is 2.63. The monoisotopic (exact) mass is 231 g/mol. The fourth-order valence-corrected chi connectivity index (χ4v) is 1.60. The zero-order chi connectivity index (χ0) is 12.3. The molecular formula is C12H13N3O2. The molecule has 0 radical (unpaired) electrons. The Morgan fingerprint density at radius 2 is 1.88 bits per heavy atom. The zero-order valence-corrected chi connectivity index (χ0v) is 9.33. The van der Waals surface area contributed by atoms with E-state index in [1.165, 1.54) is 18.5 Å². The molecule has 17 heavy (non-hydrogen) atoms. The molecule has 2 aromatic rings. The van der Waals surface area contributed by atoms with Crippen molar-refractivity contribution in [3.63, 3.8) is 0 Å². The maximum Gasteiger partial charge on any atom is 0.124 e. The second-order valence-corrected chi connectivity index (χ2v) is 3.74. The quantitative estimate of drug-likeness (QED) is 0.753. The standard InChI is InChI=1S/C12H13N3O2/c1-8(15-9-5-13-7-14-6-9)11-3-2-10(16)4-12(11)17/h2-8,15-17H,1H3. The van der Waals surface area contributed by atoms with E-state index in [1.54, 1.807) is 18.5 Å². The number of aromatic nitrogens is 2. The van der Waals surface area contributed by atoms with Gasteiger partial charge < -0.3 is 15.5 Å². The lowest BCUT2D eigenvalue weighted by Crippen LogP contribution is -2.07. The predicted octanol–water partition coefficient (Wildman–Crippen LogP) is 2.06. The lowest BCUT2D eigenvalue weighted by molar-refractivity contribution is 0.444. The molecule has 0 aliphatic carbocycles. The van der Waals surface area contributed by atoms with Gasteiger partial charge in [-0.15, -0.1) is 0 Å². The molecule has 0 amide bonds. The highest BCUT2D eigenvalue weighted by Crippen LogP contribution is 2.29. The summed E-state index contributed by atoms with van der Waals surface area (Å²) in [6.07, 6.45) is 4.76. The molecule has 1 aromatic carbocycles. The maximum absolute atomic E-state index is 9.71. The van der Waals surface area contributed by atoms with Crippen LogP contribution < -0.4 is 5.32 Å². The Kier molecular flexibility index (Phi) is 3.09. The van der Waals surface area contributed by atoms with Gasteiger partial charge in [0.05, 0.1) is 24.1 Å². The minimum atomic E-state index is -0.110. The van der Waals surface area contributed by atoms with E-state index in [9.17, 15) is 10.2 Å². The number of hydrogen-bond donors (Lipinski definition) is 3. The normalized spacial score (nSPS) is 12.1. The van der Waals surface area contributed by atoms with Gasteiger partial charge in [0, 0.05) is 11.6 Å². The summed E-state index contributed by atoms with van der Waals surface area (Å²) in [5.74, 6) is 0.100. The van der Waals surface area contributed by atoms with Gasteiger partial charge in [-0.3, -0.25) is 0 Å². The van der Waals surface area contributed by atoms with Gasteiger partial charge >= 0.3 is 0 Å². The number of benzene rings is 1. The molecule has 1 aromatic heterocycles. The highest BCUT2D eigenvalue weighted by atomic mass is 16.3. The summed E-state index contributed by atoms with van der Waals surface area (Å²) in [6.45, 7) is 1.90. The largest absolute Gasteiger partial charge is 0.508 e. The summed E-state index contributed by atoms with van der Waals surface area (Å²) >= 11 is 0. The van der Waals surface area contributed by atoms with Crippen LogP contribution in [0.4, 0.5) is 5.69 Å². The van der Waals surface area contributed by atoms with Gasteiger partial charge in [-0.05, 0) is 19.1 Å². The first-order valence-corrected chi connectivity index (χ1v) is 5.20. The van der Waals surface area contributed by atoms with Gasteiger partial charge in [0.1, 0.15) is 17.8 Å². The van der Waals surface area contributed by atoms with Crippen LogP contribution in [-0.4, -0.2) is 20.2 Å². The van der Waals surface area contributed by atoms with Gasteiger partial charge in [0.2, 0.25) is 0 Å². The fraction of sp³-hybridized carbons (Fsp3) is 0.167. The molecule has 1 heterocycles. The van der Waals surface area contributed by atoms with E-state index < -0.39 is 0 Å². The average molecular weight is 231 g/mol. The van der Waals surface area contributed by atoms with Crippen molar-refractivity contribution in [1.29, 1.82) is 0 Å². The van der Waals surface area contributed by atoms with Crippen molar-refractivity contribution in [3.8, 4) is 11.5 Å². The number of aromatic hydroxyl groups is 2. The molecule has 0 saturated carbocycles. The van der Waals surface area contributed by atoms with E-state index in [2.05, 4.69) is 15.3 Å². The van der Waals surface area contributed by atoms with Gasteiger partial charge in [-0.25, -0.2) is 9.97 Å². The molecule has 0 spiro atoms. The second-order valence-electron chi connectivity index (χ2n) is 3.74. The number of nitrogens with one attached hydrogen (secondary N) is 1. The van der Waals surface area contributed by atoms with Crippen LogP contribution in [0.25, 0.3) is 0 Å². The molecule has 0 saturated heterocycles. The van der Waals surface area contributed by atoms with Crippen LogP contribution in [0.15, 0.2) is 36.9 Å². The maximum atomic E-state index is 9.71. The number of hydrogen-bond acceptors (Lipinski definition) is 5. The van der Waals surface area contributed by atoms with Crippen molar-refractivity contribution in [1.82, 2.24) is 9.97 Å². The second kappa shape index (κ2) is 4.69. The van der Waals surface area contributed by atoms with Gasteiger partial charge in [0.25, 0.3) is 0 Å². The molecular weight excluding hydrogens is 218 g/mol. The van der Waals surface area contributed by atoms with E-state index in [0.29, 0.717) is 5.56 Å².